The fourth-order valence-corrected chi connectivity index (χ4v) is 3.64. The Bertz CT molecular complexity index is 420. The summed E-state index contributed by atoms with van der Waals surface area (Å²) in [6.07, 6.45) is 8.88. The summed E-state index contributed by atoms with van der Waals surface area (Å²) in [4.78, 5) is 8.41. The molecule has 3 atom stereocenters. The Morgan fingerprint density at radius 1 is 1.32 bits per heavy atom. The molecule has 3 nitrogen and oxygen atoms in total. The number of H-pyrrole nitrogens is 1. The number of hydrogen-bond acceptors (Lipinski definition) is 2. The SMILES string of the molecule is CC1Cc2[nH]c(CCC3CCCCO3)nc2C(C)C1. The summed E-state index contributed by atoms with van der Waals surface area (Å²) in [5, 5.41) is 0. The van der Waals surface area contributed by atoms with Gasteiger partial charge < -0.3 is 9.72 Å². The molecule has 3 unspecified atom stereocenters. The van der Waals surface area contributed by atoms with Crippen LogP contribution in [-0.2, 0) is 17.6 Å². The van der Waals surface area contributed by atoms with Crippen molar-refractivity contribution in [3.8, 4) is 0 Å². The van der Waals surface area contributed by atoms with Gasteiger partial charge in [0.1, 0.15) is 5.82 Å². The van der Waals surface area contributed by atoms with Gasteiger partial charge in [-0.25, -0.2) is 4.98 Å². The first kappa shape index (κ1) is 13.2. The number of fused-ring (bicyclic) bond motifs is 1. The van der Waals surface area contributed by atoms with E-state index in [1.807, 2.05) is 0 Å². The number of hydrogen-bond donors (Lipinski definition) is 1. The van der Waals surface area contributed by atoms with E-state index in [0.29, 0.717) is 12.0 Å². The number of aromatic nitrogens is 2. The molecule has 0 saturated carbocycles. The molecule has 1 aromatic rings. The third kappa shape index (κ3) is 3.02. The van der Waals surface area contributed by atoms with Crippen molar-refractivity contribution in [3.05, 3.63) is 17.2 Å². The summed E-state index contributed by atoms with van der Waals surface area (Å²) < 4.78 is 5.80. The fourth-order valence-electron chi connectivity index (χ4n) is 3.64. The number of rotatable bonds is 3. The lowest BCUT2D eigenvalue weighted by atomic mass is 9.84. The van der Waals surface area contributed by atoms with E-state index in [-0.39, 0.29) is 0 Å². The van der Waals surface area contributed by atoms with E-state index in [2.05, 4.69) is 18.8 Å². The van der Waals surface area contributed by atoms with Crippen LogP contribution in [0.4, 0.5) is 0 Å². The van der Waals surface area contributed by atoms with Crippen molar-refractivity contribution in [2.45, 2.75) is 70.8 Å². The Labute approximate surface area is 116 Å². The molecule has 0 bridgehead atoms. The van der Waals surface area contributed by atoms with Gasteiger partial charge >= 0.3 is 0 Å². The largest absolute Gasteiger partial charge is 0.378 e. The van der Waals surface area contributed by atoms with E-state index in [0.717, 1.165) is 25.4 Å². The van der Waals surface area contributed by atoms with E-state index >= 15 is 0 Å². The summed E-state index contributed by atoms with van der Waals surface area (Å²) >= 11 is 0. The molecule has 19 heavy (non-hydrogen) atoms. The number of imidazole rings is 1. The Hall–Kier alpha value is -0.830. The van der Waals surface area contributed by atoms with Crippen LogP contribution >= 0.6 is 0 Å². The van der Waals surface area contributed by atoms with E-state index in [9.17, 15) is 0 Å². The summed E-state index contributed by atoms with van der Waals surface area (Å²) in [6.45, 7) is 5.60. The van der Waals surface area contributed by atoms with Gasteiger partial charge in [-0.15, -0.1) is 0 Å². The van der Waals surface area contributed by atoms with Crippen molar-refractivity contribution in [2.75, 3.05) is 6.61 Å². The van der Waals surface area contributed by atoms with Gasteiger partial charge in [0.2, 0.25) is 0 Å². The highest BCUT2D eigenvalue weighted by molar-refractivity contribution is 5.22. The molecular formula is C16H26N2O. The van der Waals surface area contributed by atoms with Crippen molar-refractivity contribution in [1.29, 1.82) is 0 Å². The fraction of sp³-hybridized carbons (Fsp3) is 0.812. The standard InChI is InChI=1S/C16H26N2O/c1-11-9-12(2)16-14(10-11)17-15(18-16)7-6-13-5-3-4-8-19-13/h11-13H,3-10H2,1-2H3,(H,17,18). The van der Waals surface area contributed by atoms with Crippen LogP contribution in [0.5, 0.6) is 0 Å². The number of ether oxygens (including phenoxy) is 1. The maximum atomic E-state index is 5.80. The van der Waals surface area contributed by atoms with E-state index in [1.54, 1.807) is 0 Å². The summed E-state index contributed by atoms with van der Waals surface area (Å²) in [7, 11) is 0. The topological polar surface area (TPSA) is 37.9 Å². The molecule has 3 heteroatoms. The number of aryl methyl sites for hydroxylation is 1. The number of nitrogens with one attached hydrogen (secondary N) is 1. The average molecular weight is 262 g/mol. The first-order valence-corrected chi connectivity index (χ1v) is 7.91. The summed E-state index contributed by atoms with van der Waals surface area (Å²) in [5.41, 5.74) is 2.73. The third-order valence-electron chi connectivity index (χ3n) is 4.61. The molecule has 106 valence electrons. The highest BCUT2D eigenvalue weighted by atomic mass is 16.5. The minimum Gasteiger partial charge on any atom is -0.378 e. The van der Waals surface area contributed by atoms with Crippen molar-refractivity contribution >= 4 is 0 Å². The second-order valence-electron chi connectivity index (χ2n) is 6.52. The van der Waals surface area contributed by atoms with Crippen LogP contribution in [0.3, 0.4) is 0 Å². The van der Waals surface area contributed by atoms with Crippen LogP contribution < -0.4 is 0 Å². The van der Waals surface area contributed by atoms with Crippen molar-refractivity contribution < 1.29 is 4.74 Å². The van der Waals surface area contributed by atoms with Crippen molar-refractivity contribution in [1.82, 2.24) is 9.97 Å². The molecule has 2 aliphatic rings. The molecule has 1 aliphatic carbocycles. The minimum absolute atomic E-state index is 0.465. The molecule has 1 N–H and O–H groups in total. The van der Waals surface area contributed by atoms with Crippen LogP contribution in [-0.4, -0.2) is 22.7 Å². The molecule has 1 aromatic heterocycles. The molecule has 1 saturated heterocycles. The minimum atomic E-state index is 0.465. The second kappa shape index (κ2) is 5.66. The molecule has 0 aromatic carbocycles. The zero-order chi connectivity index (χ0) is 13.2. The quantitative estimate of drug-likeness (QED) is 0.904. The molecule has 2 heterocycles. The maximum absolute atomic E-state index is 5.80. The van der Waals surface area contributed by atoms with Gasteiger partial charge in [0, 0.05) is 24.6 Å². The lowest BCUT2D eigenvalue weighted by Crippen LogP contribution is -2.19. The summed E-state index contributed by atoms with van der Waals surface area (Å²) in [6, 6.07) is 0. The monoisotopic (exact) mass is 262 g/mol. The molecule has 3 rings (SSSR count). The number of aromatic amines is 1. The van der Waals surface area contributed by atoms with E-state index in [4.69, 9.17) is 9.72 Å². The maximum Gasteiger partial charge on any atom is 0.106 e. The van der Waals surface area contributed by atoms with Gasteiger partial charge in [0.05, 0.1) is 11.8 Å². The first-order valence-electron chi connectivity index (χ1n) is 7.91. The highest BCUT2D eigenvalue weighted by Gasteiger charge is 2.25. The third-order valence-corrected chi connectivity index (χ3v) is 4.61. The van der Waals surface area contributed by atoms with Gasteiger partial charge in [0.15, 0.2) is 0 Å². The molecule has 0 radical (unpaired) electrons. The number of nitrogens with zero attached hydrogens (tertiary/aromatic N) is 1. The van der Waals surface area contributed by atoms with E-state index in [1.165, 1.54) is 49.3 Å². The van der Waals surface area contributed by atoms with Gasteiger partial charge in [-0.1, -0.05) is 13.8 Å². The van der Waals surface area contributed by atoms with Gasteiger partial charge in [0.25, 0.3) is 0 Å². The smallest absolute Gasteiger partial charge is 0.106 e. The van der Waals surface area contributed by atoms with Crippen LogP contribution in [0.2, 0.25) is 0 Å². The molecule has 1 fully saturated rings. The lowest BCUT2D eigenvalue weighted by Gasteiger charge is -2.22. The van der Waals surface area contributed by atoms with Crippen LogP contribution in [0, 0.1) is 5.92 Å². The van der Waals surface area contributed by atoms with Gasteiger partial charge in [-0.2, -0.15) is 0 Å². The zero-order valence-electron chi connectivity index (χ0n) is 12.2. The predicted octanol–water partition coefficient (Wildman–Crippen LogP) is 3.60. The first-order chi connectivity index (χ1) is 9.22. The Morgan fingerprint density at radius 3 is 3.00 bits per heavy atom. The van der Waals surface area contributed by atoms with E-state index < -0.39 is 0 Å². The van der Waals surface area contributed by atoms with Crippen LogP contribution in [0.1, 0.15) is 69.1 Å². The van der Waals surface area contributed by atoms with Crippen LogP contribution in [0.15, 0.2) is 0 Å². The highest BCUT2D eigenvalue weighted by Crippen LogP contribution is 2.33. The molecule has 0 amide bonds. The Kier molecular flexibility index (Phi) is 3.92. The predicted molar refractivity (Wildman–Crippen MR) is 76.4 cm³/mol. The lowest BCUT2D eigenvalue weighted by molar-refractivity contribution is 0.0112. The second-order valence-corrected chi connectivity index (χ2v) is 6.52. The molecular weight excluding hydrogens is 236 g/mol. The van der Waals surface area contributed by atoms with Gasteiger partial charge in [-0.05, 0) is 44.4 Å². The Morgan fingerprint density at radius 2 is 2.21 bits per heavy atom. The van der Waals surface area contributed by atoms with Crippen molar-refractivity contribution in [3.63, 3.8) is 0 Å². The van der Waals surface area contributed by atoms with Crippen LogP contribution in [0.25, 0.3) is 0 Å². The average Bonchev–Trinajstić information content (AvgIpc) is 2.81. The van der Waals surface area contributed by atoms with Crippen molar-refractivity contribution in [2.24, 2.45) is 5.92 Å². The van der Waals surface area contributed by atoms with Gasteiger partial charge in [-0.3, -0.25) is 0 Å². The normalized spacial score (nSPS) is 31.2. The Balaban J connectivity index is 1.61. The molecule has 0 spiro atoms. The molecule has 1 aliphatic heterocycles. The zero-order valence-corrected chi connectivity index (χ0v) is 12.2. The summed E-state index contributed by atoms with van der Waals surface area (Å²) in [5.74, 6) is 2.59.